The molecule has 1 aliphatic heterocycles. The Labute approximate surface area is 241 Å². The summed E-state index contributed by atoms with van der Waals surface area (Å²) in [7, 11) is 2.00. The molecule has 17 heteroatoms. The molecule has 6 rings (SSSR count). The highest BCUT2D eigenvalue weighted by molar-refractivity contribution is 6.09. The van der Waals surface area contributed by atoms with Crippen LogP contribution >= 0.6 is 0 Å². The summed E-state index contributed by atoms with van der Waals surface area (Å²) in [5.74, 6) is -0.423. The molecule has 1 aromatic carbocycles. The molecular weight excluding hydrogens is 574 g/mol. The van der Waals surface area contributed by atoms with E-state index >= 15 is 0 Å². The van der Waals surface area contributed by atoms with Gasteiger partial charge in [0.1, 0.15) is 23.6 Å². The molecule has 1 fully saturated rings. The molecule has 13 nitrogen and oxygen atoms in total. The van der Waals surface area contributed by atoms with E-state index < -0.39 is 25.4 Å². The average Bonchev–Trinajstić information content (AvgIpc) is 3.76. The molecule has 1 aliphatic rings. The molecule has 43 heavy (non-hydrogen) atoms. The van der Waals surface area contributed by atoms with Crippen molar-refractivity contribution >= 4 is 17.2 Å². The normalized spacial score (nSPS) is 15.7. The van der Waals surface area contributed by atoms with Gasteiger partial charge in [-0.15, -0.1) is 5.10 Å². The maximum Gasteiger partial charge on any atom is 0.387 e. The van der Waals surface area contributed by atoms with Gasteiger partial charge in [-0.25, -0.2) is 23.0 Å². The summed E-state index contributed by atoms with van der Waals surface area (Å²) in [5, 5.41) is 23.5. The topological polar surface area (TPSA) is 133 Å². The number of carbonyl (C=O) groups is 1. The van der Waals surface area contributed by atoms with Crippen LogP contribution in [0.1, 0.15) is 34.2 Å². The van der Waals surface area contributed by atoms with E-state index in [1.165, 1.54) is 46.0 Å². The molecule has 5 aromatic rings. The van der Waals surface area contributed by atoms with E-state index in [-0.39, 0.29) is 52.1 Å². The first-order valence-corrected chi connectivity index (χ1v) is 13.2. The summed E-state index contributed by atoms with van der Waals surface area (Å²) < 4.78 is 62.5. The zero-order valence-corrected chi connectivity index (χ0v) is 22.7. The highest BCUT2D eigenvalue weighted by Crippen LogP contribution is 2.37. The number of alkyl halides is 4. The Bertz CT molecular complexity index is 1750. The number of hydrogen-bond donors (Lipinski definition) is 1. The number of tetrazole rings is 1. The van der Waals surface area contributed by atoms with Crippen LogP contribution in [0.25, 0.3) is 16.9 Å². The second-order valence-corrected chi connectivity index (χ2v) is 10.0. The molecule has 1 saturated heterocycles. The Morgan fingerprint density at radius 3 is 2.86 bits per heavy atom. The zero-order chi connectivity index (χ0) is 30.1. The maximum atomic E-state index is 13.4. The molecule has 1 N–H and O–H groups in total. The fraction of sp³-hybridized carbons (Fsp3) is 0.346. The molecule has 0 saturated carbocycles. The van der Waals surface area contributed by atoms with Gasteiger partial charge >= 0.3 is 6.61 Å². The second-order valence-electron chi connectivity index (χ2n) is 10.0. The van der Waals surface area contributed by atoms with Crippen LogP contribution in [0.15, 0.2) is 49.1 Å². The fourth-order valence-corrected chi connectivity index (χ4v) is 5.09. The first-order chi connectivity index (χ1) is 20.7. The number of nitrogens with one attached hydrogen (secondary N) is 1. The van der Waals surface area contributed by atoms with Crippen LogP contribution < -0.4 is 10.1 Å². The van der Waals surface area contributed by atoms with Gasteiger partial charge < -0.3 is 15.0 Å². The number of likely N-dealkylation sites (N-methyl/N-ethyl adjacent to an activating group) is 1. The van der Waals surface area contributed by atoms with E-state index in [0.29, 0.717) is 5.82 Å². The van der Waals surface area contributed by atoms with E-state index in [1.54, 1.807) is 16.9 Å². The second kappa shape index (κ2) is 11.7. The van der Waals surface area contributed by atoms with Gasteiger partial charge in [0.25, 0.3) is 5.91 Å². The number of fused-ring (bicyclic) bond motifs is 1. The van der Waals surface area contributed by atoms with Crippen LogP contribution in [-0.4, -0.2) is 88.6 Å². The van der Waals surface area contributed by atoms with E-state index in [1.807, 2.05) is 7.05 Å². The Hall–Kier alpha value is -4.93. The Balaban J connectivity index is 1.41. The van der Waals surface area contributed by atoms with Gasteiger partial charge in [-0.2, -0.15) is 19.0 Å². The quantitative estimate of drug-likeness (QED) is 0.240. The van der Waals surface area contributed by atoms with E-state index in [4.69, 9.17) is 4.74 Å². The van der Waals surface area contributed by atoms with E-state index in [9.17, 15) is 22.4 Å². The van der Waals surface area contributed by atoms with Crippen molar-refractivity contribution in [2.45, 2.75) is 38.5 Å². The summed E-state index contributed by atoms with van der Waals surface area (Å²) in [6.07, 6.45) is 3.50. The van der Waals surface area contributed by atoms with Crippen LogP contribution in [-0.2, 0) is 13.0 Å². The third kappa shape index (κ3) is 6.01. The van der Waals surface area contributed by atoms with Crippen molar-refractivity contribution in [3.63, 3.8) is 0 Å². The number of nitrogens with zero attached hydrogens (tertiary/aromatic N) is 10. The van der Waals surface area contributed by atoms with Gasteiger partial charge in [0, 0.05) is 43.7 Å². The van der Waals surface area contributed by atoms with Crippen LogP contribution in [0.5, 0.6) is 5.75 Å². The number of aromatic nitrogens is 9. The van der Waals surface area contributed by atoms with Crippen molar-refractivity contribution in [2.75, 3.05) is 25.5 Å². The van der Waals surface area contributed by atoms with Gasteiger partial charge in [-0.1, -0.05) is 6.07 Å². The van der Waals surface area contributed by atoms with Gasteiger partial charge in [0.15, 0.2) is 11.5 Å². The lowest BCUT2D eigenvalue weighted by Gasteiger charge is -2.13. The highest BCUT2D eigenvalue weighted by atomic mass is 19.3. The van der Waals surface area contributed by atoms with Gasteiger partial charge in [-0.05, 0) is 47.7 Å². The minimum absolute atomic E-state index is 0.0116. The lowest BCUT2D eigenvalue weighted by Crippen LogP contribution is -2.20. The molecule has 0 radical (unpaired) electrons. The number of anilines is 1. The number of halogens is 4. The van der Waals surface area contributed by atoms with Crippen LogP contribution in [0.4, 0.5) is 23.2 Å². The SMILES string of the molecule is CN1CCC(n2nnnc2Cn2cc(NC(=O)c3cnn4cccnc34)c(-c3cc(CC(F)F)ccc3OC(F)F)n2)C1. The monoisotopic (exact) mass is 599 g/mol. The van der Waals surface area contributed by atoms with Crippen LogP contribution in [0, 0.1) is 0 Å². The number of rotatable bonds is 10. The summed E-state index contributed by atoms with van der Waals surface area (Å²) >= 11 is 0. The number of benzene rings is 1. The van der Waals surface area contributed by atoms with E-state index in [0.717, 1.165) is 19.5 Å². The van der Waals surface area contributed by atoms with E-state index in [2.05, 4.69) is 40.9 Å². The molecule has 1 unspecified atom stereocenters. The molecule has 0 bridgehead atoms. The van der Waals surface area contributed by atoms with Crippen molar-refractivity contribution in [1.82, 2.24) is 49.5 Å². The Morgan fingerprint density at radius 1 is 1.23 bits per heavy atom. The minimum Gasteiger partial charge on any atom is -0.434 e. The molecule has 0 spiro atoms. The van der Waals surface area contributed by atoms with Gasteiger partial charge in [0.2, 0.25) is 6.43 Å². The molecule has 0 aliphatic carbocycles. The van der Waals surface area contributed by atoms with Gasteiger partial charge in [0.05, 0.1) is 17.9 Å². The Kier molecular flexibility index (Phi) is 7.71. The molecule has 5 heterocycles. The van der Waals surface area contributed by atoms with Gasteiger partial charge in [-0.3, -0.25) is 9.48 Å². The zero-order valence-electron chi connectivity index (χ0n) is 22.7. The predicted molar refractivity (Wildman–Crippen MR) is 143 cm³/mol. The Morgan fingerprint density at radius 2 is 2.09 bits per heavy atom. The smallest absolute Gasteiger partial charge is 0.387 e. The number of amides is 1. The van der Waals surface area contributed by atoms with Crippen molar-refractivity contribution in [3.8, 4) is 17.0 Å². The number of ether oxygens (including phenoxy) is 1. The number of hydrogen-bond acceptors (Lipinski definition) is 9. The van der Waals surface area contributed by atoms with Crippen molar-refractivity contribution in [3.05, 3.63) is 66.0 Å². The fourth-order valence-electron chi connectivity index (χ4n) is 5.09. The van der Waals surface area contributed by atoms with Crippen molar-refractivity contribution in [1.29, 1.82) is 0 Å². The number of likely N-dealkylation sites (tertiary alicyclic amines) is 1. The first kappa shape index (κ1) is 28.2. The van der Waals surface area contributed by atoms with Crippen LogP contribution in [0.2, 0.25) is 0 Å². The average molecular weight is 600 g/mol. The molecule has 1 atom stereocenters. The van der Waals surface area contributed by atoms with Crippen molar-refractivity contribution in [2.24, 2.45) is 0 Å². The molecule has 1 amide bonds. The third-order valence-corrected chi connectivity index (χ3v) is 7.02. The largest absolute Gasteiger partial charge is 0.434 e. The number of carbonyl (C=O) groups excluding carboxylic acids is 1. The minimum atomic E-state index is -3.20. The van der Waals surface area contributed by atoms with Crippen molar-refractivity contribution < 1.29 is 27.1 Å². The molecule has 4 aromatic heterocycles. The first-order valence-electron chi connectivity index (χ1n) is 13.2. The lowest BCUT2D eigenvalue weighted by molar-refractivity contribution is -0.0494. The van der Waals surface area contributed by atoms with Crippen LogP contribution in [0.3, 0.4) is 0 Å². The maximum absolute atomic E-state index is 13.4. The summed E-state index contributed by atoms with van der Waals surface area (Å²) in [5.41, 5.74) is 0.707. The lowest BCUT2D eigenvalue weighted by atomic mass is 10.0. The summed E-state index contributed by atoms with van der Waals surface area (Å²) in [6, 6.07) is 5.44. The third-order valence-electron chi connectivity index (χ3n) is 7.02. The standard InChI is InChI=1S/C26H25F4N11O2/c1-38-8-5-16(12-38)41-22(34-36-37-41)14-39-13-19(33-25(42)18-11-32-40-7-2-6-31-24(18)40)23(35-39)17-9-15(10-21(27)28)3-4-20(17)43-26(29)30/h2-4,6-7,9,11,13,16,21,26H,5,8,10,12,14H2,1H3,(H,33,42). The predicted octanol–water partition coefficient (Wildman–Crippen LogP) is 3.17. The highest BCUT2D eigenvalue weighted by Gasteiger charge is 2.26. The molecule has 224 valence electrons. The molecular formula is C26H25F4N11O2. The summed E-state index contributed by atoms with van der Waals surface area (Å²) in [4.78, 5) is 19.7. The summed E-state index contributed by atoms with van der Waals surface area (Å²) in [6.45, 7) is -1.50.